The maximum Gasteiger partial charge on any atom is 0.409 e. The Morgan fingerprint density at radius 3 is 2.23 bits per heavy atom. The molecule has 2 heterocycles. The number of carbonyl (C=O) groups excluding carboxylic acids is 1. The van der Waals surface area contributed by atoms with E-state index in [0.717, 1.165) is 38.8 Å². The van der Waals surface area contributed by atoms with Crippen LogP contribution < -0.4 is 0 Å². The highest BCUT2D eigenvalue weighted by atomic mass is 35.5. The minimum absolute atomic E-state index is 0.0211. The molecule has 5 rings (SSSR count). The molecule has 1 amide bonds. The minimum Gasteiger partial charge on any atom is -0.448 e. The third kappa shape index (κ3) is 5.81. The molecular formula is C26H38ClN3O4S. The molecule has 0 bridgehead atoms. The molecule has 2 aliphatic heterocycles. The van der Waals surface area contributed by atoms with Crippen molar-refractivity contribution in [2.24, 2.45) is 5.92 Å². The topological polar surface area (TPSA) is 70.2 Å². The van der Waals surface area contributed by atoms with Gasteiger partial charge in [-0.05, 0) is 68.7 Å². The van der Waals surface area contributed by atoms with E-state index in [2.05, 4.69) is 4.90 Å². The summed E-state index contributed by atoms with van der Waals surface area (Å²) in [5.41, 5.74) is 0. The van der Waals surface area contributed by atoms with Crippen molar-refractivity contribution in [2.75, 3.05) is 32.8 Å². The molecule has 4 aliphatic rings. The molecule has 2 saturated heterocycles. The van der Waals surface area contributed by atoms with Crippen molar-refractivity contribution in [3.8, 4) is 0 Å². The summed E-state index contributed by atoms with van der Waals surface area (Å²) in [7, 11) is -3.71. The first kappa shape index (κ1) is 25.3. The lowest BCUT2D eigenvalue weighted by atomic mass is 9.94. The monoisotopic (exact) mass is 523 g/mol. The fourth-order valence-electron chi connectivity index (χ4n) is 6.25. The second-order valence-electron chi connectivity index (χ2n) is 10.7. The number of hydrogen-bond acceptors (Lipinski definition) is 5. The van der Waals surface area contributed by atoms with Gasteiger partial charge in [-0.3, -0.25) is 4.90 Å². The molecule has 35 heavy (non-hydrogen) atoms. The molecule has 0 aromatic heterocycles. The van der Waals surface area contributed by atoms with Crippen molar-refractivity contribution in [1.82, 2.24) is 14.1 Å². The normalized spacial score (nSPS) is 27.6. The van der Waals surface area contributed by atoms with Gasteiger partial charge in [-0.15, -0.1) is 0 Å². The predicted octanol–water partition coefficient (Wildman–Crippen LogP) is 4.75. The zero-order chi connectivity index (χ0) is 24.4. The molecule has 1 aromatic rings. The van der Waals surface area contributed by atoms with Crippen LogP contribution in [0.3, 0.4) is 0 Å². The Morgan fingerprint density at radius 2 is 1.57 bits per heavy atom. The van der Waals surface area contributed by atoms with E-state index in [4.69, 9.17) is 16.3 Å². The average Bonchev–Trinajstić information content (AvgIpc) is 3.73. The molecule has 4 fully saturated rings. The van der Waals surface area contributed by atoms with E-state index in [1.54, 1.807) is 33.5 Å². The molecule has 194 valence electrons. The molecule has 2 atom stereocenters. The second kappa shape index (κ2) is 11.0. The SMILES string of the molecule is O=C(OC[C@@H]1CCC[C@H](C2CC2)N1S(=O)(=O)c1ccc(Cl)cc1)N1CCN(C2CCCCC2)CC1. The van der Waals surface area contributed by atoms with Gasteiger partial charge in [-0.2, -0.15) is 4.31 Å². The van der Waals surface area contributed by atoms with Crippen molar-refractivity contribution in [1.29, 1.82) is 0 Å². The summed E-state index contributed by atoms with van der Waals surface area (Å²) < 4.78 is 34.9. The highest BCUT2D eigenvalue weighted by Crippen LogP contribution is 2.43. The van der Waals surface area contributed by atoms with Gasteiger partial charge >= 0.3 is 6.09 Å². The van der Waals surface area contributed by atoms with Gasteiger partial charge < -0.3 is 9.64 Å². The fraction of sp³-hybridized carbons (Fsp3) is 0.731. The van der Waals surface area contributed by atoms with E-state index < -0.39 is 10.0 Å². The third-order valence-corrected chi connectivity index (χ3v) is 10.6. The van der Waals surface area contributed by atoms with Gasteiger partial charge in [0.15, 0.2) is 0 Å². The van der Waals surface area contributed by atoms with Crippen LogP contribution in [0.1, 0.15) is 64.2 Å². The Morgan fingerprint density at radius 1 is 0.886 bits per heavy atom. The van der Waals surface area contributed by atoms with Crippen LogP contribution in [0.25, 0.3) is 0 Å². The molecule has 2 saturated carbocycles. The van der Waals surface area contributed by atoms with E-state index in [-0.39, 0.29) is 29.7 Å². The van der Waals surface area contributed by atoms with Crippen LogP contribution in [0.5, 0.6) is 0 Å². The molecule has 0 spiro atoms. The maximum absolute atomic E-state index is 13.7. The van der Waals surface area contributed by atoms with Crippen molar-refractivity contribution in [2.45, 2.75) is 87.2 Å². The molecule has 0 radical (unpaired) electrons. The molecule has 9 heteroatoms. The first-order valence-corrected chi connectivity index (χ1v) is 15.2. The Balaban J connectivity index is 1.22. The van der Waals surface area contributed by atoms with Gasteiger partial charge in [0.2, 0.25) is 10.0 Å². The van der Waals surface area contributed by atoms with Gasteiger partial charge in [0.25, 0.3) is 0 Å². The van der Waals surface area contributed by atoms with E-state index in [9.17, 15) is 13.2 Å². The number of amides is 1. The van der Waals surface area contributed by atoms with Crippen LogP contribution in [-0.2, 0) is 14.8 Å². The minimum atomic E-state index is -3.71. The third-order valence-electron chi connectivity index (χ3n) is 8.34. The standard InChI is InChI=1S/C26H38ClN3O4S/c27-21-11-13-24(14-12-21)35(32,33)30-23(7-4-8-25(30)20-9-10-20)19-34-26(31)29-17-15-28(16-18-29)22-5-2-1-3-6-22/h11-14,20,22-23,25H,1-10,15-19H2/t23-,25+/m0/s1. The Hall–Kier alpha value is -1.35. The number of piperazine rings is 1. The lowest BCUT2D eigenvalue weighted by molar-refractivity contribution is 0.0367. The summed E-state index contributed by atoms with van der Waals surface area (Å²) in [6, 6.07) is 6.69. The van der Waals surface area contributed by atoms with E-state index >= 15 is 0 Å². The first-order chi connectivity index (χ1) is 16.9. The number of halogens is 1. The van der Waals surface area contributed by atoms with Crippen LogP contribution in [-0.4, -0.2) is 79.5 Å². The Labute approximate surface area is 214 Å². The van der Waals surface area contributed by atoms with Gasteiger partial charge in [-0.25, -0.2) is 13.2 Å². The zero-order valence-electron chi connectivity index (χ0n) is 20.5. The van der Waals surface area contributed by atoms with Crippen molar-refractivity contribution < 1.29 is 17.9 Å². The quantitative estimate of drug-likeness (QED) is 0.538. The van der Waals surface area contributed by atoms with Gasteiger partial charge in [0.05, 0.1) is 10.9 Å². The Kier molecular flexibility index (Phi) is 7.92. The number of piperidine rings is 1. The number of sulfonamides is 1. The summed E-state index contributed by atoms with van der Waals surface area (Å²) in [6.07, 6.45) is 10.8. The van der Waals surface area contributed by atoms with Gasteiger partial charge in [0.1, 0.15) is 6.61 Å². The first-order valence-electron chi connectivity index (χ1n) is 13.4. The van der Waals surface area contributed by atoms with Crippen LogP contribution in [0.15, 0.2) is 29.2 Å². The summed E-state index contributed by atoms with van der Waals surface area (Å²) in [4.78, 5) is 17.5. The summed E-state index contributed by atoms with van der Waals surface area (Å²) >= 11 is 6.00. The van der Waals surface area contributed by atoms with Crippen molar-refractivity contribution in [3.63, 3.8) is 0 Å². The number of nitrogens with zero attached hydrogens (tertiary/aromatic N) is 3. The number of rotatable bonds is 6. The van der Waals surface area contributed by atoms with Crippen molar-refractivity contribution >= 4 is 27.7 Å². The molecular weight excluding hydrogens is 486 g/mol. The number of benzene rings is 1. The molecule has 0 unspecified atom stereocenters. The van der Waals surface area contributed by atoms with Gasteiger partial charge in [-0.1, -0.05) is 37.3 Å². The number of carbonyl (C=O) groups is 1. The molecule has 0 N–H and O–H groups in total. The highest BCUT2D eigenvalue weighted by molar-refractivity contribution is 7.89. The van der Waals surface area contributed by atoms with Crippen LogP contribution >= 0.6 is 11.6 Å². The summed E-state index contributed by atoms with van der Waals surface area (Å²) in [5.74, 6) is 0.406. The molecule has 1 aromatic carbocycles. The smallest absolute Gasteiger partial charge is 0.409 e. The molecule has 2 aliphatic carbocycles. The van der Waals surface area contributed by atoms with Crippen molar-refractivity contribution in [3.05, 3.63) is 29.3 Å². The summed E-state index contributed by atoms with van der Waals surface area (Å²) in [6.45, 7) is 3.25. The van der Waals surface area contributed by atoms with E-state index in [1.807, 2.05) is 0 Å². The molecule has 7 nitrogen and oxygen atoms in total. The van der Waals surface area contributed by atoms with E-state index in [0.29, 0.717) is 36.5 Å². The zero-order valence-corrected chi connectivity index (χ0v) is 22.1. The lowest BCUT2D eigenvalue weighted by Gasteiger charge is -2.42. The van der Waals surface area contributed by atoms with Crippen LogP contribution in [0.2, 0.25) is 5.02 Å². The lowest BCUT2D eigenvalue weighted by Crippen LogP contribution is -2.54. The maximum atomic E-state index is 13.7. The predicted molar refractivity (Wildman–Crippen MR) is 136 cm³/mol. The Bertz CT molecular complexity index is 971. The van der Waals surface area contributed by atoms with Gasteiger partial charge in [0, 0.05) is 43.3 Å². The summed E-state index contributed by atoms with van der Waals surface area (Å²) in [5, 5.41) is 0.510. The van der Waals surface area contributed by atoms with E-state index in [1.165, 1.54) is 32.1 Å². The van der Waals surface area contributed by atoms with Crippen LogP contribution in [0, 0.1) is 5.92 Å². The fourth-order valence-corrected chi connectivity index (χ4v) is 8.29. The number of ether oxygens (including phenoxy) is 1. The van der Waals surface area contributed by atoms with Crippen LogP contribution in [0.4, 0.5) is 4.79 Å². The average molecular weight is 524 g/mol. The largest absolute Gasteiger partial charge is 0.448 e. The number of hydrogen-bond donors (Lipinski definition) is 0. The second-order valence-corrected chi connectivity index (χ2v) is 12.9. The highest BCUT2D eigenvalue weighted by Gasteiger charge is 2.46.